The third kappa shape index (κ3) is 6.56. The topological polar surface area (TPSA) is 191 Å². The summed E-state index contributed by atoms with van der Waals surface area (Å²) in [5.74, 6) is -3.84. The standard InChI is InChI=1S/C21H27N3O12/c1-9(25)32-8-14-16(33-10(2)26)17(34-11(3)27)15(20(36-14)35-12(4)28)22-7-13-18(29)23(5)21(31)24(6)19(13)30/h7,14-17,20,29H,8H2,1-6H3/t14?,15?,16-,17+,20?/m0/s1. The minimum Gasteiger partial charge on any atom is -0.494 e. The van der Waals surface area contributed by atoms with Gasteiger partial charge in [0, 0.05) is 48.0 Å². The number of rotatable bonds is 7. The second-order valence-electron chi connectivity index (χ2n) is 7.81. The lowest BCUT2D eigenvalue weighted by molar-refractivity contribution is -0.266. The average molecular weight is 513 g/mol. The molecule has 0 bridgehead atoms. The van der Waals surface area contributed by atoms with Gasteiger partial charge >= 0.3 is 29.6 Å². The maximum atomic E-state index is 12.5. The Bertz CT molecular complexity index is 1180. The molecule has 5 atom stereocenters. The number of hydrogen-bond donors (Lipinski definition) is 1. The molecular formula is C21H27N3O12. The van der Waals surface area contributed by atoms with Crippen LogP contribution in [0.1, 0.15) is 33.3 Å². The molecule has 1 fully saturated rings. The summed E-state index contributed by atoms with van der Waals surface area (Å²) < 4.78 is 28.0. The highest BCUT2D eigenvalue weighted by Gasteiger charge is 2.51. The highest BCUT2D eigenvalue weighted by molar-refractivity contribution is 5.82. The first-order valence-corrected chi connectivity index (χ1v) is 10.6. The van der Waals surface area contributed by atoms with Crippen molar-refractivity contribution < 1.29 is 48.0 Å². The quantitative estimate of drug-likeness (QED) is 0.247. The van der Waals surface area contributed by atoms with Gasteiger partial charge in [0.25, 0.3) is 5.56 Å². The zero-order valence-corrected chi connectivity index (χ0v) is 20.5. The lowest BCUT2D eigenvalue weighted by Crippen LogP contribution is -2.61. The van der Waals surface area contributed by atoms with E-state index in [2.05, 4.69) is 4.99 Å². The van der Waals surface area contributed by atoms with E-state index < -0.39 is 83.8 Å². The maximum Gasteiger partial charge on any atom is 0.333 e. The molecular weight excluding hydrogens is 486 g/mol. The number of ether oxygens (including phenoxy) is 5. The first-order valence-electron chi connectivity index (χ1n) is 10.6. The molecule has 0 aliphatic carbocycles. The second kappa shape index (κ2) is 11.6. The fourth-order valence-corrected chi connectivity index (χ4v) is 3.44. The number of aromatic nitrogens is 2. The highest BCUT2D eigenvalue weighted by atomic mass is 16.7. The minimum absolute atomic E-state index is 0.408. The van der Waals surface area contributed by atoms with Gasteiger partial charge in [-0.25, -0.2) is 4.79 Å². The van der Waals surface area contributed by atoms with Crippen molar-refractivity contribution in [3.05, 3.63) is 26.4 Å². The van der Waals surface area contributed by atoms with E-state index >= 15 is 0 Å². The molecule has 1 aromatic heterocycles. The van der Waals surface area contributed by atoms with Gasteiger partial charge in [0.05, 0.1) is 0 Å². The minimum atomic E-state index is -1.56. The van der Waals surface area contributed by atoms with E-state index in [9.17, 15) is 33.9 Å². The molecule has 15 nitrogen and oxygen atoms in total. The van der Waals surface area contributed by atoms with Crippen LogP contribution in [-0.2, 0) is 57.0 Å². The van der Waals surface area contributed by atoms with E-state index in [1.165, 1.54) is 14.1 Å². The SMILES string of the molecule is CC(=O)OCC1OC(OC(C)=O)C(N=Cc2c(O)n(C)c(=O)n(C)c2=O)[C@@H](OC(C)=O)[C@H]1OC(C)=O. The van der Waals surface area contributed by atoms with Crippen LogP contribution in [0.2, 0.25) is 0 Å². The molecule has 0 aromatic carbocycles. The summed E-state index contributed by atoms with van der Waals surface area (Å²) >= 11 is 0. The molecule has 0 amide bonds. The summed E-state index contributed by atoms with van der Waals surface area (Å²) in [6.07, 6.45) is -4.74. The summed E-state index contributed by atoms with van der Waals surface area (Å²) in [4.78, 5) is 75.5. The number of hydrogen-bond acceptors (Lipinski definition) is 13. The van der Waals surface area contributed by atoms with Gasteiger partial charge in [0.1, 0.15) is 18.3 Å². The van der Waals surface area contributed by atoms with Crippen LogP contribution in [0.5, 0.6) is 5.88 Å². The van der Waals surface area contributed by atoms with Gasteiger partial charge < -0.3 is 28.8 Å². The summed E-state index contributed by atoms with van der Waals surface area (Å²) in [5, 5.41) is 10.3. The van der Waals surface area contributed by atoms with Crippen LogP contribution in [0.3, 0.4) is 0 Å². The Kier molecular flexibility index (Phi) is 9.11. The van der Waals surface area contributed by atoms with Gasteiger partial charge in [0.2, 0.25) is 12.2 Å². The molecule has 36 heavy (non-hydrogen) atoms. The summed E-state index contributed by atoms with van der Waals surface area (Å²) in [6, 6.07) is -1.42. The number of nitrogens with zero attached hydrogens (tertiary/aromatic N) is 3. The van der Waals surface area contributed by atoms with E-state index in [4.69, 9.17) is 23.7 Å². The monoisotopic (exact) mass is 513 g/mol. The molecule has 1 saturated heterocycles. The normalized spacial score (nSPS) is 23.7. The fraction of sp³-hybridized carbons (Fsp3) is 0.571. The zero-order valence-electron chi connectivity index (χ0n) is 20.5. The van der Waals surface area contributed by atoms with Crippen molar-refractivity contribution in [2.24, 2.45) is 19.1 Å². The lowest BCUT2D eigenvalue weighted by atomic mass is 9.96. The summed E-state index contributed by atoms with van der Waals surface area (Å²) in [7, 11) is 2.41. The Morgan fingerprint density at radius 1 is 0.917 bits per heavy atom. The molecule has 0 saturated carbocycles. The summed E-state index contributed by atoms with van der Waals surface area (Å²) in [5.41, 5.74) is -2.10. The fourth-order valence-electron chi connectivity index (χ4n) is 3.44. The average Bonchev–Trinajstić information content (AvgIpc) is 2.77. The Labute approximate surface area is 204 Å². The van der Waals surface area contributed by atoms with Crippen LogP contribution in [-0.4, -0.2) is 81.6 Å². The van der Waals surface area contributed by atoms with E-state index in [1.807, 2.05) is 0 Å². The number of carbonyl (C=O) groups excluding carboxylic acids is 4. The molecule has 198 valence electrons. The van der Waals surface area contributed by atoms with Crippen molar-refractivity contribution in [3.8, 4) is 5.88 Å². The predicted molar refractivity (Wildman–Crippen MR) is 118 cm³/mol. The van der Waals surface area contributed by atoms with Crippen LogP contribution < -0.4 is 11.2 Å². The molecule has 2 heterocycles. The smallest absolute Gasteiger partial charge is 0.333 e. The van der Waals surface area contributed by atoms with Crippen molar-refractivity contribution in [2.45, 2.75) is 58.3 Å². The number of aliphatic imine (C=N–C) groups is 1. The first kappa shape index (κ1) is 28.2. The van der Waals surface area contributed by atoms with E-state index in [0.29, 0.717) is 0 Å². The molecule has 1 N–H and O–H groups in total. The molecule has 0 spiro atoms. The van der Waals surface area contributed by atoms with Gasteiger partial charge in [-0.15, -0.1) is 0 Å². The Morgan fingerprint density at radius 3 is 2.00 bits per heavy atom. The molecule has 2 rings (SSSR count). The number of carbonyl (C=O) groups is 4. The van der Waals surface area contributed by atoms with Gasteiger partial charge in [-0.05, 0) is 0 Å². The van der Waals surface area contributed by atoms with Crippen LogP contribution in [0.4, 0.5) is 0 Å². The number of aromatic hydroxyl groups is 1. The zero-order chi connectivity index (χ0) is 27.3. The van der Waals surface area contributed by atoms with Gasteiger partial charge in [0.15, 0.2) is 18.2 Å². The first-order chi connectivity index (χ1) is 16.7. The third-order valence-electron chi connectivity index (χ3n) is 4.99. The van der Waals surface area contributed by atoms with Crippen molar-refractivity contribution in [1.82, 2.24) is 9.13 Å². The Hall–Kier alpha value is -4.01. The van der Waals surface area contributed by atoms with E-state index in [-0.39, 0.29) is 0 Å². The molecule has 1 aliphatic heterocycles. The molecule has 1 aromatic rings. The second-order valence-corrected chi connectivity index (χ2v) is 7.81. The highest BCUT2D eigenvalue weighted by Crippen LogP contribution is 2.30. The predicted octanol–water partition coefficient (Wildman–Crippen LogP) is -1.71. The molecule has 0 radical (unpaired) electrons. The van der Waals surface area contributed by atoms with E-state index in [1.54, 1.807) is 0 Å². The van der Waals surface area contributed by atoms with E-state index in [0.717, 1.165) is 43.0 Å². The van der Waals surface area contributed by atoms with Gasteiger partial charge in [-0.2, -0.15) is 0 Å². The van der Waals surface area contributed by atoms with Gasteiger partial charge in [-0.3, -0.25) is 38.1 Å². The van der Waals surface area contributed by atoms with Crippen LogP contribution in [0.15, 0.2) is 14.6 Å². The molecule has 3 unspecified atom stereocenters. The van der Waals surface area contributed by atoms with Crippen molar-refractivity contribution >= 4 is 30.1 Å². The number of esters is 4. The van der Waals surface area contributed by atoms with Crippen LogP contribution >= 0.6 is 0 Å². The van der Waals surface area contributed by atoms with Crippen molar-refractivity contribution in [3.63, 3.8) is 0 Å². The maximum absolute atomic E-state index is 12.5. The summed E-state index contributed by atoms with van der Waals surface area (Å²) in [6.45, 7) is 3.89. The Morgan fingerprint density at radius 2 is 1.47 bits per heavy atom. The van der Waals surface area contributed by atoms with Crippen LogP contribution in [0.25, 0.3) is 0 Å². The third-order valence-corrected chi connectivity index (χ3v) is 4.99. The van der Waals surface area contributed by atoms with Gasteiger partial charge in [-0.1, -0.05) is 0 Å². The largest absolute Gasteiger partial charge is 0.494 e. The molecule has 15 heteroatoms. The Balaban J connectivity index is 2.64. The molecule has 1 aliphatic rings. The lowest BCUT2D eigenvalue weighted by Gasteiger charge is -2.42. The van der Waals surface area contributed by atoms with Crippen molar-refractivity contribution in [2.75, 3.05) is 6.61 Å². The van der Waals surface area contributed by atoms with Crippen LogP contribution in [0, 0.1) is 0 Å². The van der Waals surface area contributed by atoms with Crippen molar-refractivity contribution in [1.29, 1.82) is 0 Å².